The summed E-state index contributed by atoms with van der Waals surface area (Å²) >= 11 is 0. The van der Waals surface area contributed by atoms with Crippen molar-refractivity contribution in [3.63, 3.8) is 0 Å². The van der Waals surface area contributed by atoms with E-state index in [2.05, 4.69) is 32.3 Å². The molecule has 8 heteroatoms. The monoisotopic (exact) mass is 416 g/mol. The molecule has 31 heavy (non-hydrogen) atoms. The van der Waals surface area contributed by atoms with Crippen LogP contribution in [0, 0.1) is 6.92 Å². The van der Waals surface area contributed by atoms with Crippen LogP contribution in [0.25, 0.3) is 22.1 Å². The molecule has 3 aromatic heterocycles. The molecule has 0 saturated carbocycles. The number of pyridine rings is 1. The molecule has 0 aliphatic carbocycles. The Bertz CT molecular complexity index is 1240. The number of fused-ring (bicyclic) bond motifs is 1. The number of nitrogens with one attached hydrogen (secondary N) is 1. The van der Waals surface area contributed by atoms with Crippen molar-refractivity contribution in [2.24, 2.45) is 0 Å². The molecule has 1 N–H and O–H groups in total. The molecule has 0 radical (unpaired) electrons. The van der Waals surface area contributed by atoms with E-state index in [9.17, 15) is 4.79 Å². The first-order valence-corrected chi connectivity index (χ1v) is 10.4. The molecule has 1 saturated heterocycles. The highest BCUT2D eigenvalue weighted by molar-refractivity contribution is 6.04. The Labute approximate surface area is 179 Å². The highest BCUT2D eigenvalue weighted by atomic mass is 16.4. The maximum Gasteiger partial charge on any atom is 0.260 e. The number of piperidine rings is 1. The lowest BCUT2D eigenvalue weighted by atomic mass is 10.1. The van der Waals surface area contributed by atoms with Crippen molar-refractivity contribution < 1.29 is 9.21 Å². The molecule has 0 unspecified atom stereocenters. The minimum atomic E-state index is -0.215. The van der Waals surface area contributed by atoms with Gasteiger partial charge < -0.3 is 14.6 Å². The summed E-state index contributed by atoms with van der Waals surface area (Å²) in [7, 11) is 2.13. The summed E-state index contributed by atoms with van der Waals surface area (Å²) in [6.45, 7) is 3.91. The minimum absolute atomic E-state index is 0.215. The summed E-state index contributed by atoms with van der Waals surface area (Å²) < 4.78 is 7.54. The quantitative estimate of drug-likeness (QED) is 0.543. The van der Waals surface area contributed by atoms with Crippen LogP contribution in [0.2, 0.25) is 0 Å². The molecule has 4 heterocycles. The summed E-state index contributed by atoms with van der Waals surface area (Å²) in [4.78, 5) is 23.6. The Morgan fingerprint density at radius 3 is 2.71 bits per heavy atom. The summed E-state index contributed by atoms with van der Waals surface area (Å²) in [6, 6.07) is 8.16. The minimum Gasteiger partial charge on any atom is -0.441 e. The van der Waals surface area contributed by atoms with Crippen LogP contribution in [0.5, 0.6) is 0 Å². The highest BCUT2D eigenvalue weighted by Gasteiger charge is 2.20. The average molecular weight is 416 g/mol. The molecule has 8 nitrogen and oxygen atoms in total. The molecule has 158 valence electrons. The van der Waals surface area contributed by atoms with Crippen LogP contribution in [0.1, 0.15) is 35.1 Å². The second-order valence-corrected chi connectivity index (χ2v) is 8.07. The molecule has 0 spiro atoms. The van der Waals surface area contributed by atoms with E-state index in [1.165, 1.54) is 0 Å². The number of carbonyl (C=O) groups is 1. The standard InChI is InChI=1S/C23H24N6O2/c1-15-24-13-21(31-15)16-3-4-17-11-25-22(10-18(17)9-16)27-23(30)19-12-26-29(14-19)20-5-7-28(2)8-6-20/h3-4,9-14,20H,5-8H2,1-2H3,(H,25,27,30). The van der Waals surface area contributed by atoms with Crippen molar-refractivity contribution in [2.75, 3.05) is 25.5 Å². The van der Waals surface area contributed by atoms with E-state index in [0.29, 0.717) is 29.1 Å². The van der Waals surface area contributed by atoms with Crippen molar-refractivity contribution >= 4 is 22.5 Å². The molecule has 1 aliphatic rings. The maximum atomic E-state index is 12.8. The van der Waals surface area contributed by atoms with Crippen molar-refractivity contribution in [2.45, 2.75) is 25.8 Å². The second kappa shape index (κ2) is 7.96. The zero-order valence-corrected chi connectivity index (χ0v) is 17.6. The van der Waals surface area contributed by atoms with Gasteiger partial charge >= 0.3 is 0 Å². The third-order valence-corrected chi connectivity index (χ3v) is 5.80. The number of carbonyl (C=O) groups excluding carboxylic acids is 1. The predicted octanol–water partition coefficient (Wildman–Crippen LogP) is 3.91. The summed E-state index contributed by atoms with van der Waals surface area (Å²) in [6.07, 6.45) is 9.00. The molecule has 1 aromatic carbocycles. The SMILES string of the molecule is Cc1ncc(-c2ccc3cnc(NC(=O)c4cnn(C5CCN(C)CC5)c4)cc3c2)o1. The van der Waals surface area contributed by atoms with E-state index >= 15 is 0 Å². The van der Waals surface area contributed by atoms with Gasteiger partial charge in [0, 0.05) is 30.3 Å². The first-order chi connectivity index (χ1) is 15.0. The van der Waals surface area contributed by atoms with Crippen LogP contribution in [-0.4, -0.2) is 50.7 Å². The van der Waals surface area contributed by atoms with Crippen LogP contribution in [-0.2, 0) is 0 Å². The fourth-order valence-electron chi connectivity index (χ4n) is 3.96. The zero-order chi connectivity index (χ0) is 21.4. The number of aryl methyl sites for hydroxylation is 1. The summed E-state index contributed by atoms with van der Waals surface area (Å²) in [5.41, 5.74) is 1.46. The Kier molecular flexibility index (Phi) is 4.99. The van der Waals surface area contributed by atoms with E-state index in [-0.39, 0.29) is 5.91 Å². The van der Waals surface area contributed by atoms with E-state index in [1.54, 1.807) is 18.6 Å². The molecule has 1 amide bonds. The van der Waals surface area contributed by atoms with Gasteiger partial charge in [-0.2, -0.15) is 5.10 Å². The largest absolute Gasteiger partial charge is 0.441 e. The van der Waals surface area contributed by atoms with Crippen LogP contribution in [0.3, 0.4) is 0 Å². The van der Waals surface area contributed by atoms with Gasteiger partial charge in [0.2, 0.25) is 0 Å². The average Bonchev–Trinajstić information content (AvgIpc) is 3.43. The van der Waals surface area contributed by atoms with E-state index in [4.69, 9.17) is 4.42 Å². The fourth-order valence-corrected chi connectivity index (χ4v) is 3.96. The van der Waals surface area contributed by atoms with Crippen LogP contribution in [0.15, 0.2) is 53.5 Å². The Morgan fingerprint density at radius 2 is 1.94 bits per heavy atom. The van der Waals surface area contributed by atoms with E-state index in [0.717, 1.165) is 42.3 Å². The Morgan fingerprint density at radius 1 is 1.10 bits per heavy atom. The van der Waals surface area contributed by atoms with Gasteiger partial charge in [-0.1, -0.05) is 12.1 Å². The van der Waals surface area contributed by atoms with Crippen LogP contribution in [0.4, 0.5) is 5.82 Å². The number of hydrogen-bond acceptors (Lipinski definition) is 6. The van der Waals surface area contributed by atoms with Crippen molar-refractivity contribution in [1.82, 2.24) is 24.6 Å². The number of anilines is 1. The molecular weight excluding hydrogens is 392 g/mol. The molecule has 1 aliphatic heterocycles. The molecule has 5 rings (SSSR count). The van der Waals surface area contributed by atoms with Crippen molar-refractivity contribution in [3.05, 3.63) is 60.5 Å². The molecule has 0 bridgehead atoms. The topological polar surface area (TPSA) is 89.1 Å². The highest BCUT2D eigenvalue weighted by Crippen LogP contribution is 2.26. The van der Waals surface area contributed by atoms with Gasteiger partial charge in [0.25, 0.3) is 5.91 Å². The lowest BCUT2D eigenvalue weighted by Crippen LogP contribution is -2.31. The van der Waals surface area contributed by atoms with Gasteiger partial charge in [-0.15, -0.1) is 0 Å². The number of likely N-dealkylation sites (tertiary alicyclic amines) is 1. The smallest absolute Gasteiger partial charge is 0.260 e. The predicted molar refractivity (Wildman–Crippen MR) is 118 cm³/mol. The number of rotatable bonds is 4. The number of oxazole rings is 1. The van der Waals surface area contributed by atoms with E-state index < -0.39 is 0 Å². The second-order valence-electron chi connectivity index (χ2n) is 8.07. The lowest BCUT2D eigenvalue weighted by Gasteiger charge is -2.28. The number of aromatic nitrogens is 4. The maximum absolute atomic E-state index is 12.8. The van der Waals surface area contributed by atoms with Gasteiger partial charge in [-0.3, -0.25) is 9.48 Å². The molecule has 0 atom stereocenters. The number of amides is 1. The summed E-state index contributed by atoms with van der Waals surface area (Å²) in [5.74, 6) is 1.62. The fraction of sp³-hybridized carbons (Fsp3) is 0.304. The number of nitrogens with zero attached hydrogens (tertiary/aromatic N) is 5. The Balaban J connectivity index is 1.33. The number of benzene rings is 1. The Hall–Kier alpha value is -3.52. The first kappa shape index (κ1) is 19.4. The number of hydrogen-bond donors (Lipinski definition) is 1. The van der Waals surface area contributed by atoms with Gasteiger partial charge in [0.1, 0.15) is 5.82 Å². The van der Waals surface area contributed by atoms with Crippen molar-refractivity contribution in [3.8, 4) is 11.3 Å². The molecule has 1 fully saturated rings. The van der Waals surface area contributed by atoms with Gasteiger partial charge in [0.05, 0.1) is 24.0 Å². The van der Waals surface area contributed by atoms with Gasteiger partial charge in [0.15, 0.2) is 11.7 Å². The lowest BCUT2D eigenvalue weighted by molar-refractivity contribution is 0.102. The van der Waals surface area contributed by atoms with Crippen LogP contribution >= 0.6 is 0 Å². The van der Waals surface area contributed by atoms with E-state index in [1.807, 2.05) is 42.1 Å². The van der Waals surface area contributed by atoms with Crippen molar-refractivity contribution in [1.29, 1.82) is 0 Å². The third kappa shape index (κ3) is 4.06. The van der Waals surface area contributed by atoms with Crippen LogP contribution < -0.4 is 5.32 Å². The zero-order valence-electron chi connectivity index (χ0n) is 17.6. The first-order valence-electron chi connectivity index (χ1n) is 10.4. The normalized spacial score (nSPS) is 15.4. The third-order valence-electron chi connectivity index (χ3n) is 5.80. The van der Waals surface area contributed by atoms with Gasteiger partial charge in [-0.25, -0.2) is 9.97 Å². The molecular formula is C23H24N6O2. The summed E-state index contributed by atoms with van der Waals surface area (Å²) in [5, 5.41) is 9.25. The molecule has 4 aromatic rings. The van der Waals surface area contributed by atoms with Gasteiger partial charge in [-0.05, 0) is 50.5 Å².